The second-order valence-corrected chi connectivity index (χ2v) is 3.54. The van der Waals surface area contributed by atoms with Crippen molar-refractivity contribution < 1.29 is 4.84 Å². The van der Waals surface area contributed by atoms with Gasteiger partial charge in [-0.05, 0) is 6.07 Å². The number of allylic oxidation sites excluding steroid dienone is 1. The highest BCUT2D eigenvalue weighted by molar-refractivity contribution is 5.92. The molecule has 0 aliphatic carbocycles. The minimum Gasteiger partial charge on any atom is -0.307 e. The summed E-state index contributed by atoms with van der Waals surface area (Å²) >= 11 is 0. The fourth-order valence-electron chi connectivity index (χ4n) is 1.79. The van der Waals surface area contributed by atoms with Crippen LogP contribution >= 0.6 is 0 Å². The minimum atomic E-state index is -0.133. The molecule has 0 aromatic carbocycles. The van der Waals surface area contributed by atoms with Crippen LogP contribution in [0, 0.1) is 0 Å². The summed E-state index contributed by atoms with van der Waals surface area (Å²) < 4.78 is 0. The lowest BCUT2D eigenvalue weighted by molar-refractivity contribution is -0.0790. The average Bonchev–Trinajstić information content (AvgIpc) is 2.72. The smallest absolute Gasteiger partial charge is 0.249 e. The quantitative estimate of drug-likeness (QED) is 0.748. The molecule has 0 spiro atoms. The van der Waals surface area contributed by atoms with Crippen LogP contribution in [0.4, 0.5) is 11.5 Å². The zero-order chi connectivity index (χ0) is 11.1. The van der Waals surface area contributed by atoms with Gasteiger partial charge < -0.3 is 9.88 Å². The van der Waals surface area contributed by atoms with Crippen molar-refractivity contribution in [3.8, 4) is 0 Å². The Labute approximate surface area is 91.4 Å². The van der Waals surface area contributed by atoms with Gasteiger partial charge in [0.2, 0.25) is 5.56 Å². The number of pyridine rings is 1. The number of aromatic amines is 1. The summed E-state index contributed by atoms with van der Waals surface area (Å²) in [5.74, 6) is 0.709. The zero-order valence-corrected chi connectivity index (χ0v) is 8.67. The Kier molecular flexibility index (Phi) is 1.84. The van der Waals surface area contributed by atoms with Gasteiger partial charge in [-0.1, -0.05) is 0 Å². The second-order valence-electron chi connectivity index (χ2n) is 3.54. The summed E-state index contributed by atoms with van der Waals surface area (Å²) in [5, 5.41) is 1.67. The predicted octanol–water partition coefficient (Wildman–Crippen LogP) is 0.573. The Morgan fingerprint density at radius 1 is 1.50 bits per heavy atom. The van der Waals surface area contributed by atoms with Gasteiger partial charge >= 0.3 is 0 Å². The van der Waals surface area contributed by atoms with Gasteiger partial charge in [0.05, 0.1) is 25.2 Å². The van der Waals surface area contributed by atoms with Gasteiger partial charge in [0.15, 0.2) is 0 Å². The maximum atomic E-state index is 11.3. The molecule has 0 radical (unpaired) electrons. The first-order valence-electron chi connectivity index (χ1n) is 4.85. The number of anilines is 1. The molecule has 2 aliphatic heterocycles. The molecule has 0 saturated carbocycles. The van der Waals surface area contributed by atoms with Crippen molar-refractivity contribution >= 4 is 17.7 Å². The average molecular weight is 218 g/mol. The van der Waals surface area contributed by atoms with Crippen LogP contribution in [0.25, 0.3) is 0 Å². The third-order valence-corrected chi connectivity index (χ3v) is 2.59. The molecule has 1 aromatic heterocycles. The molecule has 0 fully saturated rings. The Morgan fingerprint density at radius 3 is 3.19 bits per heavy atom. The van der Waals surface area contributed by atoms with Crippen LogP contribution < -0.4 is 10.5 Å². The minimum absolute atomic E-state index is 0.133. The standard InChI is InChI=1S/C10H10N4O2/c1-16-13-5-7-4-11-8-2-3-9(15)12-10(8)14(7)6-13/h2-5H,6H2,1H3,(H,12,15). The second kappa shape index (κ2) is 3.21. The lowest BCUT2D eigenvalue weighted by Gasteiger charge is -2.24. The van der Waals surface area contributed by atoms with Gasteiger partial charge in [-0.25, -0.2) is 5.06 Å². The number of aromatic nitrogens is 1. The largest absolute Gasteiger partial charge is 0.307 e. The molecule has 3 heterocycles. The van der Waals surface area contributed by atoms with E-state index in [1.807, 2.05) is 11.1 Å². The van der Waals surface area contributed by atoms with Crippen molar-refractivity contribution in [1.82, 2.24) is 10.0 Å². The molecule has 1 N–H and O–H groups in total. The van der Waals surface area contributed by atoms with Crippen LogP contribution in [0.1, 0.15) is 0 Å². The summed E-state index contributed by atoms with van der Waals surface area (Å²) in [7, 11) is 1.60. The Bertz CT molecular complexity index is 546. The molecule has 16 heavy (non-hydrogen) atoms. The summed E-state index contributed by atoms with van der Waals surface area (Å²) in [4.78, 5) is 25.4. The number of rotatable bonds is 1. The fraction of sp³-hybridized carbons (Fsp3) is 0.200. The number of hydrogen-bond donors (Lipinski definition) is 1. The number of aliphatic imine (C=N–C) groups is 1. The molecule has 6 heteroatoms. The van der Waals surface area contributed by atoms with Crippen molar-refractivity contribution in [1.29, 1.82) is 0 Å². The van der Waals surface area contributed by atoms with Gasteiger partial charge in [-0.2, -0.15) is 0 Å². The molecule has 0 atom stereocenters. The highest BCUT2D eigenvalue weighted by atomic mass is 16.7. The van der Waals surface area contributed by atoms with E-state index in [0.717, 1.165) is 11.4 Å². The first-order chi connectivity index (χ1) is 7.78. The molecule has 82 valence electrons. The molecule has 6 nitrogen and oxygen atoms in total. The first kappa shape index (κ1) is 9.17. The topological polar surface area (TPSA) is 60.9 Å². The van der Waals surface area contributed by atoms with Crippen molar-refractivity contribution in [2.75, 3.05) is 18.7 Å². The number of fused-ring (bicyclic) bond motifs is 3. The van der Waals surface area contributed by atoms with E-state index in [1.165, 1.54) is 6.07 Å². The zero-order valence-electron chi connectivity index (χ0n) is 8.67. The third kappa shape index (κ3) is 1.24. The van der Waals surface area contributed by atoms with Crippen molar-refractivity contribution in [2.24, 2.45) is 4.99 Å². The van der Waals surface area contributed by atoms with Crippen LogP contribution in [0.5, 0.6) is 0 Å². The lowest BCUT2D eigenvalue weighted by atomic mass is 10.3. The number of hydrogen-bond acceptors (Lipinski definition) is 5. The van der Waals surface area contributed by atoms with Crippen molar-refractivity contribution in [3.05, 3.63) is 34.4 Å². The maximum Gasteiger partial charge on any atom is 0.249 e. The van der Waals surface area contributed by atoms with E-state index in [0.29, 0.717) is 12.5 Å². The Hall–Kier alpha value is -2.08. The summed E-state index contributed by atoms with van der Waals surface area (Å²) in [5.41, 5.74) is 1.52. The van der Waals surface area contributed by atoms with E-state index in [1.54, 1.807) is 24.5 Å². The lowest BCUT2D eigenvalue weighted by Crippen LogP contribution is -2.29. The SMILES string of the molecule is CON1C=C2C=Nc3ccc(=O)[nH]c3N2C1. The van der Waals surface area contributed by atoms with Crippen LogP contribution in [0.15, 0.2) is 33.8 Å². The van der Waals surface area contributed by atoms with Crippen LogP contribution in [0.2, 0.25) is 0 Å². The van der Waals surface area contributed by atoms with E-state index in [2.05, 4.69) is 9.98 Å². The van der Waals surface area contributed by atoms with Crippen molar-refractivity contribution in [3.63, 3.8) is 0 Å². The molecular weight excluding hydrogens is 208 g/mol. The number of nitrogens with one attached hydrogen (secondary N) is 1. The van der Waals surface area contributed by atoms with Gasteiger partial charge in [-0.3, -0.25) is 14.6 Å². The van der Waals surface area contributed by atoms with Gasteiger partial charge in [0, 0.05) is 6.07 Å². The summed E-state index contributed by atoms with van der Waals surface area (Å²) in [6, 6.07) is 3.17. The Morgan fingerprint density at radius 2 is 2.38 bits per heavy atom. The third-order valence-electron chi connectivity index (χ3n) is 2.59. The molecule has 0 amide bonds. The van der Waals surface area contributed by atoms with Crippen LogP contribution in [-0.2, 0) is 4.84 Å². The molecule has 0 unspecified atom stereocenters. The molecule has 3 rings (SSSR count). The fourth-order valence-corrected chi connectivity index (χ4v) is 1.79. The highest BCUT2D eigenvalue weighted by Gasteiger charge is 2.26. The van der Waals surface area contributed by atoms with Gasteiger partial charge in [0.1, 0.15) is 18.2 Å². The van der Waals surface area contributed by atoms with E-state index in [9.17, 15) is 4.79 Å². The molecule has 0 saturated heterocycles. The molecule has 2 aliphatic rings. The van der Waals surface area contributed by atoms with Crippen LogP contribution in [-0.4, -0.2) is 30.0 Å². The predicted molar refractivity (Wildman–Crippen MR) is 59.5 cm³/mol. The number of H-pyrrole nitrogens is 1. The molecule has 1 aromatic rings. The number of hydroxylamine groups is 2. The summed E-state index contributed by atoms with van der Waals surface area (Å²) in [6.07, 6.45) is 3.58. The van der Waals surface area contributed by atoms with Crippen molar-refractivity contribution in [2.45, 2.75) is 0 Å². The van der Waals surface area contributed by atoms with E-state index >= 15 is 0 Å². The maximum absolute atomic E-state index is 11.3. The van der Waals surface area contributed by atoms with E-state index in [4.69, 9.17) is 4.84 Å². The molecule has 0 bridgehead atoms. The number of nitrogens with zero attached hydrogens (tertiary/aromatic N) is 3. The Balaban J connectivity index is 2.10. The highest BCUT2D eigenvalue weighted by Crippen LogP contribution is 2.33. The van der Waals surface area contributed by atoms with E-state index < -0.39 is 0 Å². The summed E-state index contributed by atoms with van der Waals surface area (Å²) in [6.45, 7) is 0.546. The normalized spacial score (nSPS) is 17.2. The monoisotopic (exact) mass is 218 g/mol. The van der Waals surface area contributed by atoms with E-state index in [-0.39, 0.29) is 5.56 Å². The van der Waals surface area contributed by atoms with Crippen LogP contribution in [0.3, 0.4) is 0 Å². The molecular formula is C10H10N4O2. The van der Waals surface area contributed by atoms with Gasteiger partial charge in [-0.15, -0.1) is 0 Å². The first-order valence-corrected chi connectivity index (χ1v) is 4.85. The van der Waals surface area contributed by atoms with Gasteiger partial charge in [0.25, 0.3) is 0 Å².